The second kappa shape index (κ2) is 10.9. The number of aliphatic hydroxyl groups is 1. The Bertz CT molecular complexity index is 593. The van der Waals surface area contributed by atoms with Gasteiger partial charge in [-0.1, -0.05) is 44.4 Å². The van der Waals surface area contributed by atoms with Gasteiger partial charge in [0, 0.05) is 32.4 Å². The number of ketones is 1. The Morgan fingerprint density at radius 1 is 1.29 bits per heavy atom. The number of carbonyl (C=O) groups excluding carboxylic acids is 2. The molecule has 1 N–H and O–H groups in total. The van der Waals surface area contributed by atoms with Gasteiger partial charge < -0.3 is 10.0 Å². The molecule has 0 aromatic rings. The third kappa shape index (κ3) is 6.30. The lowest BCUT2D eigenvalue weighted by Crippen LogP contribution is -2.21. The number of aliphatic hydroxyl groups excluding tert-OH is 1. The van der Waals surface area contributed by atoms with Crippen molar-refractivity contribution >= 4 is 11.7 Å². The third-order valence-electron chi connectivity index (χ3n) is 6.55. The molecule has 0 spiro atoms. The zero-order valence-electron chi connectivity index (χ0n) is 18.2. The molecule has 4 heteroatoms. The number of allylic oxidation sites excluding steroid dienone is 3. The molecule has 0 radical (unpaired) electrons. The third-order valence-corrected chi connectivity index (χ3v) is 6.55. The first-order chi connectivity index (χ1) is 13.3. The molecule has 1 saturated carbocycles. The molecule has 0 aromatic carbocycles. The van der Waals surface area contributed by atoms with Crippen LogP contribution < -0.4 is 0 Å². The first-order valence-electron chi connectivity index (χ1n) is 11.1. The van der Waals surface area contributed by atoms with Gasteiger partial charge in [-0.25, -0.2) is 0 Å². The van der Waals surface area contributed by atoms with Crippen molar-refractivity contribution in [3.05, 3.63) is 23.8 Å². The molecule has 2 rings (SSSR count). The Kier molecular flexibility index (Phi) is 8.94. The summed E-state index contributed by atoms with van der Waals surface area (Å²) in [4.78, 5) is 25.6. The van der Waals surface area contributed by atoms with Crippen LogP contribution in [0, 0.1) is 23.7 Å². The Morgan fingerprint density at radius 3 is 2.71 bits per heavy atom. The number of fused-ring (bicyclic) bond motifs is 1. The van der Waals surface area contributed by atoms with Crippen LogP contribution in [0.2, 0.25) is 0 Å². The minimum absolute atomic E-state index is 0.0766. The normalized spacial score (nSPS) is 27.7. The number of rotatable bonds is 11. The smallest absolute Gasteiger partial charge is 0.222 e. The standard InChI is InChI=1S/C24H39NO3/c1-5-6-9-17(2)22(26)13-12-20-21-15-18(14-19(21)16-23(20)27)10-7-8-11-24(28)25(3)4/h12-14,17,19-21,23,27H,5-11,15-16H2,1-4H3/t17-,19+,20-,21+,23-/m1/s1. The molecule has 2 aliphatic rings. The molecule has 28 heavy (non-hydrogen) atoms. The summed E-state index contributed by atoms with van der Waals surface area (Å²) in [5, 5.41) is 10.5. The molecule has 0 saturated heterocycles. The van der Waals surface area contributed by atoms with E-state index in [2.05, 4.69) is 13.0 Å². The van der Waals surface area contributed by atoms with Crippen molar-refractivity contribution in [2.45, 2.75) is 77.7 Å². The van der Waals surface area contributed by atoms with Crippen LogP contribution in [0.4, 0.5) is 0 Å². The van der Waals surface area contributed by atoms with Crippen molar-refractivity contribution < 1.29 is 14.7 Å². The van der Waals surface area contributed by atoms with Crippen LogP contribution in [0.15, 0.2) is 23.8 Å². The summed E-state index contributed by atoms with van der Waals surface area (Å²) >= 11 is 0. The van der Waals surface area contributed by atoms with E-state index in [4.69, 9.17) is 0 Å². The summed E-state index contributed by atoms with van der Waals surface area (Å²) in [6, 6.07) is 0. The van der Waals surface area contributed by atoms with Gasteiger partial charge in [-0.05, 0) is 56.4 Å². The van der Waals surface area contributed by atoms with E-state index in [1.165, 1.54) is 5.57 Å². The van der Waals surface area contributed by atoms with Gasteiger partial charge in [-0.3, -0.25) is 9.59 Å². The molecule has 2 aliphatic carbocycles. The minimum atomic E-state index is -0.333. The molecular formula is C24H39NO3. The van der Waals surface area contributed by atoms with Crippen molar-refractivity contribution in [1.29, 1.82) is 0 Å². The number of hydrogen-bond donors (Lipinski definition) is 1. The van der Waals surface area contributed by atoms with Crippen molar-refractivity contribution in [3.8, 4) is 0 Å². The molecule has 1 amide bonds. The first kappa shape index (κ1) is 22.9. The van der Waals surface area contributed by atoms with Gasteiger partial charge in [0.1, 0.15) is 0 Å². The number of unbranched alkanes of at least 4 members (excludes halogenated alkanes) is 2. The van der Waals surface area contributed by atoms with E-state index >= 15 is 0 Å². The number of nitrogens with zero attached hydrogens (tertiary/aromatic N) is 1. The van der Waals surface area contributed by atoms with Crippen LogP contribution in [0.5, 0.6) is 0 Å². The topological polar surface area (TPSA) is 57.6 Å². The van der Waals surface area contributed by atoms with E-state index < -0.39 is 0 Å². The van der Waals surface area contributed by atoms with Gasteiger partial charge in [0.2, 0.25) is 5.91 Å². The largest absolute Gasteiger partial charge is 0.392 e. The zero-order chi connectivity index (χ0) is 20.7. The maximum absolute atomic E-state index is 12.3. The van der Waals surface area contributed by atoms with E-state index in [-0.39, 0.29) is 29.6 Å². The van der Waals surface area contributed by atoms with Crippen molar-refractivity contribution in [2.75, 3.05) is 14.1 Å². The highest BCUT2D eigenvalue weighted by molar-refractivity contribution is 5.91. The van der Waals surface area contributed by atoms with Crippen molar-refractivity contribution in [1.82, 2.24) is 4.90 Å². The summed E-state index contributed by atoms with van der Waals surface area (Å²) in [6.07, 6.45) is 14.4. The lowest BCUT2D eigenvalue weighted by molar-refractivity contribution is -0.128. The fourth-order valence-corrected chi connectivity index (χ4v) is 4.67. The Morgan fingerprint density at radius 2 is 2.04 bits per heavy atom. The predicted octanol–water partition coefficient (Wildman–Crippen LogP) is 4.53. The van der Waals surface area contributed by atoms with Gasteiger partial charge in [-0.2, -0.15) is 0 Å². The maximum Gasteiger partial charge on any atom is 0.222 e. The fourth-order valence-electron chi connectivity index (χ4n) is 4.67. The van der Waals surface area contributed by atoms with Gasteiger partial charge in [0.05, 0.1) is 6.10 Å². The van der Waals surface area contributed by atoms with Gasteiger partial charge in [-0.15, -0.1) is 0 Å². The Hall–Kier alpha value is -1.42. The Balaban J connectivity index is 1.80. The van der Waals surface area contributed by atoms with Crippen LogP contribution >= 0.6 is 0 Å². The van der Waals surface area contributed by atoms with Crippen molar-refractivity contribution in [3.63, 3.8) is 0 Å². The SMILES string of the molecule is CCCC[C@@H](C)C(=O)C=C[C@@H]1[C@H]2CC(CCCCC(=O)N(C)C)=C[C@H]2C[C@H]1O. The van der Waals surface area contributed by atoms with Gasteiger partial charge >= 0.3 is 0 Å². The van der Waals surface area contributed by atoms with Crippen molar-refractivity contribution in [2.24, 2.45) is 23.7 Å². The summed E-state index contributed by atoms with van der Waals surface area (Å²) in [7, 11) is 3.61. The van der Waals surface area contributed by atoms with E-state index in [0.717, 1.165) is 51.4 Å². The average Bonchev–Trinajstić information content (AvgIpc) is 3.17. The van der Waals surface area contributed by atoms with Crippen LogP contribution in [0.3, 0.4) is 0 Å². The van der Waals surface area contributed by atoms with Crippen LogP contribution in [-0.2, 0) is 9.59 Å². The number of amides is 1. The molecule has 0 heterocycles. The second-order valence-corrected chi connectivity index (χ2v) is 9.04. The first-order valence-corrected chi connectivity index (χ1v) is 11.1. The zero-order valence-corrected chi connectivity index (χ0v) is 18.2. The van der Waals surface area contributed by atoms with Crippen LogP contribution in [0.1, 0.15) is 71.6 Å². The summed E-state index contributed by atoms with van der Waals surface area (Å²) in [6.45, 7) is 4.15. The molecule has 0 bridgehead atoms. The molecule has 0 aromatic heterocycles. The quantitative estimate of drug-likeness (QED) is 0.321. The second-order valence-electron chi connectivity index (χ2n) is 9.04. The molecule has 1 fully saturated rings. The summed E-state index contributed by atoms with van der Waals surface area (Å²) < 4.78 is 0. The van der Waals surface area contributed by atoms with E-state index in [1.54, 1.807) is 25.1 Å². The average molecular weight is 390 g/mol. The molecule has 0 unspecified atom stereocenters. The van der Waals surface area contributed by atoms with E-state index in [1.807, 2.05) is 13.0 Å². The Labute approximate surface area is 171 Å². The monoisotopic (exact) mass is 389 g/mol. The van der Waals surface area contributed by atoms with Crippen LogP contribution in [-0.4, -0.2) is 41.9 Å². The van der Waals surface area contributed by atoms with E-state index in [9.17, 15) is 14.7 Å². The summed E-state index contributed by atoms with van der Waals surface area (Å²) in [5.74, 6) is 1.44. The minimum Gasteiger partial charge on any atom is -0.392 e. The predicted molar refractivity (Wildman–Crippen MR) is 114 cm³/mol. The molecular weight excluding hydrogens is 350 g/mol. The molecule has 0 aliphatic heterocycles. The van der Waals surface area contributed by atoms with Crippen LogP contribution in [0.25, 0.3) is 0 Å². The fraction of sp³-hybridized carbons (Fsp3) is 0.750. The van der Waals surface area contributed by atoms with Gasteiger partial charge in [0.15, 0.2) is 5.78 Å². The molecule has 5 atom stereocenters. The summed E-state index contributed by atoms with van der Waals surface area (Å²) in [5.41, 5.74) is 1.47. The lowest BCUT2D eigenvalue weighted by Gasteiger charge is -2.18. The highest BCUT2D eigenvalue weighted by Crippen LogP contribution is 2.48. The highest BCUT2D eigenvalue weighted by atomic mass is 16.3. The number of carbonyl (C=O) groups is 2. The molecule has 4 nitrogen and oxygen atoms in total. The van der Waals surface area contributed by atoms with E-state index in [0.29, 0.717) is 18.3 Å². The van der Waals surface area contributed by atoms with Gasteiger partial charge in [0.25, 0.3) is 0 Å². The molecule has 158 valence electrons. The number of hydrogen-bond acceptors (Lipinski definition) is 3. The lowest BCUT2D eigenvalue weighted by atomic mass is 9.88. The maximum atomic E-state index is 12.3. The highest BCUT2D eigenvalue weighted by Gasteiger charge is 2.43.